The van der Waals surface area contributed by atoms with Gasteiger partial charge in [0, 0.05) is 0 Å². The van der Waals surface area contributed by atoms with Crippen LogP contribution in [0.1, 0.15) is 11.5 Å². The van der Waals surface area contributed by atoms with Crippen LogP contribution in [0.25, 0.3) is 0 Å². The minimum Gasteiger partial charge on any atom is -0.495 e. The molecule has 0 unspecified atom stereocenters. The van der Waals surface area contributed by atoms with Crippen molar-refractivity contribution in [2.24, 2.45) is 0 Å². The molecule has 4 N–H and O–H groups in total. The number of rotatable bonds is 3. The van der Waals surface area contributed by atoms with E-state index in [0.717, 1.165) is 5.56 Å². The summed E-state index contributed by atoms with van der Waals surface area (Å²) in [7, 11) is 1.57. The molecule has 1 aromatic heterocycles. The number of anilines is 2. The maximum absolute atomic E-state index is 5.77. The van der Waals surface area contributed by atoms with E-state index in [-0.39, 0.29) is 6.01 Å². The summed E-state index contributed by atoms with van der Waals surface area (Å²) in [5.74, 6) is 1.11. The molecule has 6 heteroatoms. The van der Waals surface area contributed by atoms with Crippen molar-refractivity contribution >= 4 is 11.7 Å². The van der Waals surface area contributed by atoms with Crippen molar-refractivity contribution in [2.75, 3.05) is 18.6 Å². The fourth-order valence-corrected chi connectivity index (χ4v) is 1.41. The maximum atomic E-state index is 5.77. The predicted octanol–water partition coefficient (Wildman–Crippen LogP) is 0.833. The topological polar surface area (TPSA) is 100 Å². The number of nitrogen functional groups attached to an aromatic ring is 2. The summed E-state index contributed by atoms with van der Waals surface area (Å²) >= 11 is 0. The highest BCUT2D eigenvalue weighted by Gasteiger charge is 2.06. The van der Waals surface area contributed by atoms with Crippen molar-refractivity contribution in [1.29, 1.82) is 0 Å². The van der Waals surface area contributed by atoms with Gasteiger partial charge in [0.15, 0.2) is 0 Å². The Morgan fingerprint density at radius 3 is 2.69 bits per heavy atom. The Balaban J connectivity index is 2.19. The molecule has 0 fully saturated rings. The first-order chi connectivity index (χ1) is 7.69. The van der Waals surface area contributed by atoms with Crippen molar-refractivity contribution in [1.82, 2.24) is 10.2 Å². The second-order valence-electron chi connectivity index (χ2n) is 3.29. The van der Waals surface area contributed by atoms with Gasteiger partial charge in [0.05, 0.1) is 19.2 Å². The van der Waals surface area contributed by atoms with Crippen LogP contribution in [-0.4, -0.2) is 17.3 Å². The lowest BCUT2D eigenvalue weighted by Crippen LogP contribution is -1.95. The summed E-state index contributed by atoms with van der Waals surface area (Å²) in [5, 5.41) is 7.34. The van der Waals surface area contributed by atoms with Gasteiger partial charge in [-0.2, -0.15) is 0 Å². The normalized spacial score (nSPS) is 10.3. The van der Waals surface area contributed by atoms with Gasteiger partial charge in [-0.1, -0.05) is 11.2 Å². The maximum Gasteiger partial charge on any atom is 0.312 e. The number of hydrogen-bond donors (Lipinski definition) is 2. The van der Waals surface area contributed by atoms with Gasteiger partial charge in [0.25, 0.3) is 0 Å². The second-order valence-corrected chi connectivity index (χ2v) is 3.29. The van der Waals surface area contributed by atoms with E-state index in [0.29, 0.717) is 23.7 Å². The largest absolute Gasteiger partial charge is 0.495 e. The van der Waals surface area contributed by atoms with Crippen LogP contribution in [0.3, 0.4) is 0 Å². The quantitative estimate of drug-likeness (QED) is 0.743. The summed E-state index contributed by atoms with van der Waals surface area (Å²) in [4.78, 5) is 0. The Morgan fingerprint density at radius 2 is 2.12 bits per heavy atom. The first-order valence-electron chi connectivity index (χ1n) is 4.69. The van der Waals surface area contributed by atoms with E-state index in [1.54, 1.807) is 19.2 Å². The Kier molecular flexibility index (Phi) is 2.63. The fourth-order valence-electron chi connectivity index (χ4n) is 1.41. The van der Waals surface area contributed by atoms with Crippen molar-refractivity contribution < 1.29 is 9.15 Å². The SMILES string of the molecule is COc1ccc(Cc2nnc(N)o2)cc1N. The first-order valence-corrected chi connectivity index (χ1v) is 4.69. The zero-order valence-electron chi connectivity index (χ0n) is 8.80. The van der Waals surface area contributed by atoms with Crippen LogP contribution in [-0.2, 0) is 6.42 Å². The molecule has 0 saturated carbocycles. The Labute approximate surface area is 92.2 Å². The Morgan fingerprint density at radius 1 is 1.31 bits per heavy atom. The third-order valence-electron chi connectivity index (χ3n) is 2.13. The average molecular weight is 220 g/mol. The number of ether oxygens (including phenoxy) is 1. The highest BCUT2D eigenvalue weighted by molar-refractivity contribution is 5.54. The van der Waals surface area contributed by atoms with Crippen LogP contribution in [0.4, 0.5) is 11.7 Å². The molecule has 1 aromatic carbocycles. The van der Waals surface area contributed by atoms with Crippen molar-refractivity contribution in [2.45, 2.75) is 6.42 Å². The highest BCUT2D eigenvalue weighted by Crippen LogP contribution is 2.23. The van der Waals surface area contributed by atoms with Crippen LogP contribution in [0, 0.1) is 0 Å². The molecule has 0 atom stereocenters. The van der Waals surface area contributed by atoms with E-state index >= 15 is 0 Å². The number of methoxy groups -OCH3 is 1. The van der Waals surface area contributed by atoms with Crippen LogP contribution in [0.15, 0.2) is 22.6 Å². The van der Waals surface area contributed by atoms with E-state index in [1.807, 2.05) is 6.07 Å². The van der Waals surface area contributed by atoms with E-state index in [1.165, 1.54) is 0 Å². The molecule has 2 aromatic rings. The molecule has 0 radical (unpaired) electrons. The lowest BCUT2D eigenvalue weighted by atomic mass is 10.1. The molecule has 1 heterocycles. The summed E-state index contributed by atoms with van der Waals surface area (Å²) in [6.45, 7) is 0. The molecular formula is C10H12N4O2. The molecule has 0 amide bonds. The molecule has 16 heavy (non-hydrogen) atoms. The molecule has 0 bridgehead atoms. The third kappa shape index (κ3) is 2.05. The van der Waals surface area contributed by atoms with Gasteiger partial charge in [0.2, 0.25) is 5.89 Å². The van der Waals surface area contributed by atoms with Crippen LogP contribution < -0.4 is 16.2 Å². The molecule has 84 valence electrons. The third-order valence-corrected chi connectivity index (χ3v) is 2.13. The Bertz CT molecular complexity index is 495. The first kappa shape index (κ1) is 10.3. The molecule has 0 saturated heterocycles. The molecule has 0 aliphatic rings. The number of aromatic nitrogens is 2. The Hall–Kier alpha value is -2.24. The van der Waals surface area contributed by atoms with Crippen molar-refractivity contribution in [3.8, 4) is 5.75 Å². The standard InChI is InChI=1S/C10H12N4O2/c1-15-8-3-2-6(4-7(8)11)5-9-13-14-10(12)16-9/h2-4H,5,11H2,1H3,(H2,12,14). The van der Waals surface area contributed by atoms with Gasteiger partial charge < -0.3 is 20.6 Å². The van der Waals surface area contributed by atoms with Crippen LogP contribution in [0.2, 0.25) is 0 Å². The predicted molar refractivity (Wildman–Crippen MR) is 58.9 cm³/mol. The van der Waals surface area contributed by atoms with E-state index in [9.17, 15) is 0 Å². The minimum atomic E-state index is 0.0662. The van der Waals surface area contributed by atoms with Gasteiger partial charge in [-0.05, 0) is 17.7 Å². The van der Waals surface area contributed by atoms with Gasteiger partial charge in [-0.3, -0.25) is 0 Å². The second kappa shape index (κ2) is 4.09. The molecule has 0 aliphatic carbocycles. The molecule has 0 aliphatic heterocycles. The number of nitrogens with zero attached hydrogens (tertiary/aromatic N) is 2. The lowest BCUT2D eigenvalue weighted by molar-refractivity contribution is 0.417. The van der Waals surface area contributed by atoms with Crippen LogP contribution in [0.5, 0.6) is 5.75 Å². The van der Waals surface area contributed by atoms with Gasteiger partial charge in [0.1, 0.15) is 5.75 Å². The average Bonchev–Trinajstić information content (AvgIpc) is 2.64. The van der Waals surface area contributed by atoms with E-state index in [2.05, 4.69) is 10.2 Å². The van der Waals surface area contributed by atoms with Gasteiger partial charge in [-0.15, -0.1) is 5.10 Å². The summed E-state index contributed by atoms with van der Waals surface area (Å²) in [6.07, 6.45) is 0.498. The monoisotopic (exact) mass is 220 g/mol. The van der Waals surface area contributed by atoms with Gasteiger partial charge in [-0.25, -0.2) is 0 Å². The molecule has 0 spiro atoms. The van der Waals surface area contributed by atoms with Crippen molar-refractivity contribution in [3.05, 3.63) is 29.7 Å². The minimum absolute atomic E-state index is 0.0662. The zero-order chi connectivity index (χ0) is 11.5. The fraction of sp³-hybridized carbons (Fsp3) is 0.200. The molecule has 6 nitrogen and oxygen atoms in total. The number of nitrogens with two attached hydrogens (primary N) is 2. The van der Waals surface area contributed by atoms with E-state index in [4.69, 9.17) is 20.6 Å². The van der Waals surface area contributed by atoms with Crippen LogP contribution >= 0.6 is 0 Å². The summed E-state index contributed by atoms with van der Waals surface area (Å²) in [5.41, 5.74) is 12.6. The molecule has 2 rings (SSSR count). The summed E-state index contributed by atoms with van der Waals surface area (Å²) in [6, 6.07) is 5.55. The zero-order valence-corrected chi connectivity index (χ0v) is 8.80. The summed E-state index contributed by atoms with van der Waals surface area (Å²) < 4.78 is 10.1. The lowest BCUT2D eigenvalue weighted by Gasteiger charge is -2.05. The van der Waals surface area contributed by atoms with Gasteiger partial charge >= 0.3 is 6.01 Å². The van der Waals surface area contributed by atoms with Crippen molar-refractivity contribution in [3.63, 3.8) is 0 Å². The number of hydrogen-bond acceptors (Lipinski definition) is 6. The highest BCUT2D eigenvalue weighted by atomic mass is 16.5. The van der Waals surface area contributed by atoms with E-state index < -0.39 is 0 Å². The number of benzene rings is 1. The molecular weight excluding hydrogens is 208 g/mol. The smallest absolute Gasteiger partial charge is 0.312 e.